The average Bonchev–Trinajstić information content (AvgIpc) is 2.51. The topological polar surface area (TPSA) is 64.9 Å². The van der Waals surface area contributed by atoms with Crippen molar-refractivity contribution in [3.8, 4) is 6.07 Å². The van der Waals surface area contributed by atoms with Crippen LogP contribution in [-0.2, 0) is 4.79 Å². The second-order valence-electron chi connectivity index (χ2n) is 5.21. The fourth-order valence-electron chi connectivity index (χ4n) is 2.02. The molecule has 22 heavy (non-hydrogen) atoms. The minimum absolute atomic E-state index is 0.0546. The molecule has 2 aromatic carbocycles. The third-order valence-electron chi connectivity index (χ3n) is 3.49. The van der Waals surface area contributed by atoms with E-state index in [1.165, 1.54) is 11.1 Å². The summed E-state index contributed by atoms with van der Waals surface area (Å²) in [7, 11) is 0. The van der Waals surface area contributed by atoms with Crippen LogP contribution < -0.4 is 10.6 Å². The SMILES string of the molecule is Cc1ccc(NCCC(=O)Nc2ccc(C#N)cc2)cc1C. The van der Waals surface area contributed by atoms with Crippen molar-refractivity contribution in [3.63, 3.8) is 0 Å². The van der Waals surface area contributed by atoms with E-state index in [2.05, 4.69) is 36.6 Å². The molecule has 0 heterocycles. The van der Waals surface area contributed by atoms with Gasteiger partial charge in [-0.1, -0.05) is 6.07 Å². The molecule has 0 aromatic heterocycles. The van der Waals surface area contributed by atoms with Gasteiger partial charge < -0.3 is 10.6 Å². The number of nitriles is 1. The Labute approximate surface area is 130 Å². The Morgan fingerprint density at radius 2 is 1.73 bits per heavy atom. The van der Waals surface area contributed by atoms with E-state index in [4.69, 9.17) is 5.26 Å². The predicted octanol–water partition coefficient (Wildman–Crippen LogP) is 3.62. The van der Waals surface area contributed by atoms with Gasteiger partial charge in [-0.25, -0.2) is 0 Å². The van der Waals surface area contributed by atoms with Gasteiger partial charge in [0.2, 0.25) is 5.91 Å². The first-order valence-electron chi connectivity index (χ1n) is 7.19. The summed E-state index contributed by atoms with van der Waals surface area (Å²) in [4.78, 5) is 11.9. The van der Waals surface area contributed by atoms with Gasteiger partial charge in [-0.05, 0) is 61.4 Å². The van der Waals surface area contributed by atoms with Gasteiger partial charge in [0.05, 0.1) is 11.6 Å². The normalized spacial score (nSPS) is 9.86. The van der Waals surface area contributed by atoms with E-state index in [9.17, 15) is 4.79 Å². The standard InChI is InChI=1S/C18H19N3O/c1-13-3-6-17(11-14(13)2)20-10-9-18(22)21-16-7-4-15(12-19)5-8-16/h3-8,11,20H,9-10H2,1-2H3,(H,21,22). The van der Waals surface area contributed by atoms with Crippen LogP contribution in [0, 0.1) is 25.2 Å². The molecule has 2 aromatic rings. The van der Waals surface area contributed by atoms with Crippen LogP contribution in [0.1, 0.15) is 23.1 Å². The molecule has 0 saturated carbocycles. The van der Waals surface area contributed by atoms with Gasteiger partial charge in [0.15, 0.2) is 0 Å². The number of benzene rings is 2. The molecule has 0 unspecified atom stereocenters. The van der Waals surface area contributed by atoms with Crippen molar-refractivity contribution in [1.82, 2.24) is 0 Å². The fraction of sp³-hybridized carbons (Fsp3) is 0.222. The maximum absolute atomic E-state index is 11.9. The Morgan fingerprint density at radius 3 is 2.36 bits per heavy atom. The lowest BCUT2D eigenvalue weighted by molar-refractivity contribution is -0.115. The summed E-state index contributed by atoms with van der Waals surface area (Å²) >= 11 is 0. The number of aryl methyl sites for hydroxylation is 2. The summed E-state index contributed by atoms with van der Waals surface area (Å²) in [6, 6.07) is 15.0. The van der Waals surface area contributed by atoms with Crippen LogP contribution in [0.25, 0.3) is 0 Å². The summed E-state index contributed by atoms with van der Waals surface area (Å²) in [6.45, 7) is 4.72. The van der Waals surface area contributed by atoms with E-state index in [0.29, 0.717) is 24.2 Å². The first-order chi connectivity index (χ1) is 10.6. The molecule has 0 aliphatic carbocycles. The van der Waals surface area contributed by atoms with Gasteiger partial charge in [0.1, 0.15) is 0 Å². The Kier molecular flexibility index (Phi) is 5.16. The summed E-state index contributed by atoms with van der Waals surface area (Å²) in [6.07, 6.45) is 0.382. The van der Waals surface area contributed by atoms with Gasteiger partial charge in [0, 0.05) is 24.3 Å². The van der Waals surface area contributed by atoms with Gasteiger partial charge in [-0.2, -0.15) is 5.26 Å². The van der Waals surface area contributed by atoms with Crippen LogP contribution in [0.15, 0.2) is 42.5 Å². The number of anilines is 2. The molecule has 0 aliphatic rings. The molecule has 0 bridgehead atoms. The first kappa shape index (κ1) is 15.6. The van der Waals surface area contributed by atoms with Crippen molar-refractivity contribution in [2.45, 2.75) is 20.3 Å². The van der Waals surface area contributed by atoms with Crippen molar-refractivity contribution in [2.75, 3.05) is 17.2 Å². The quantitative estimate of drug-likeness (QED) is 0.885. The van der Waals surface area contributed by atoms with Crippen LogP contribution in [0.5, 0.6) is 0 Å². The maximum Gasteiger partial charge on any atom is 0.226 e. The number of hydrogen-bond acceptors (Lipinski definition) is 3. The summed E-state index contributed by atoms with van der Waals surface area (Å²) < 4.78 is 0. The molecule has 112 valence electrons. The molecule has 1 amide bonds. The molecule has 4 heteroatoms. The lowest BCUT2D eigenvalue weighted by Crippen LogP contribution is -2.16. The molecule has 0 spiro atoms. The van der Waals surface area contributed by atoms with E-state index in [1.54, 1.807) is 24.3 Å². The Balaban J connectivity index is 1.80. The van der Waals surface area contributed by atoms with Crippen molar-refractivity contribution in [2.24, 2.45) is 0 Å². The van der Waals surface area contributed by atoms with Crippen LogP contribution in [0.2, 0.25) is 0 Å². The zero-order valence-corrected chi connectivity index (χ0v) is 12.8. The molecule has 0 fully saturated rings. The first-order valence-corrected chi connectivity index (χ1v) is 7.19. The van der Waals surface area contributed by atoms with Crippen molar-refractivity contribution < 1.29 is 4.79 Å². The van der Waals surface area contributed by atoms with Crippen molar-refractivity contribution in [1.29, 1.82) is 5.26 Å². The molecule has 0 atom stereocenters. The summed E-state index contributed by atoms with van der Waals surface area (Å²) in [5.74, 6) is -0.0546. The van der Waals surface area contributed by atoms with E-state index < -0.39 is 0 Å². The predicted molar refractivity (Wildman–Crippen MR) is 88.8 cm³/mol. The summed E-state index contributed by atoms with van der Waals surface area (Å²) in [5, 5.41) is 14.8. The maximum atomic E-state index is 11.9. The molecule has 2 rings (SSSR count). The highest BCUT2D eigenvalue weighted by Crippen LogP contribution is 2.14. The molecular formula is C18H19N3O. The second kappa shape index (κ2) is 7.28. The lowest BCUT2D eigenvalue weighted by Gasteiger charge is -2.09. The molecular weight excluding hydrogens is 274 g/mol. The Hall–Kier alpha value is -2.80. The Morgan fingerprint density at radius 1 is 1.05 bits per heavy atom. The number of carbonyl (C=O) groups excluding carboxylic acids is 1. The molecule has 0 aliphatic heterocycles. The number of amides is 1. The lowest BCUT2D eigenvalue weighted by atomic mass is 10.1. The van der Waals surface area contributed by atoms with Crippen LogP contribution >= 0.6 is 0 Å². The van der Waals surface area contributed by atoms with E-state index in [1.807, 2.05) is 12.1 Å². The van der Waals surface area contributed by atoms with Gasteiger partial charge in [-0.15, -0.1) is 0 Å². The van der Waals surface area contributed by atoms with Gasteiger partial charge >= 0.3 is 0 Å². The number of nitrogens with zero attached hydrogens (tertiary/aromatic N) is 1. The second-order valence-corrected chi connectivity index (χ2v) is 5.21. The third kappa shape index (κ3) is 4.35. The molecule has 0 saturated heterocycles. The number of nitrogens with one attached hydrogen (secondary N) is 2. The van der Waals surface area contributed by atoms with Gasteiger partial charge in [-0.3, -0.25) is 4.79 Å². The summed E-state index contributed by atoms with van der Waals surface area (Å²) in [5.41, 5.74) is 4.79. The minimum Gasteiger partial charge on any atom is -0.385 e. The van der Waals surface area contributed by atoms with E-state index >= 15 is 0 Å². The zero-order chi connectivity index (χ0) is 15.9. The number of carbonyl (C=O) groups is 1. The number of hydrogen-bond donors (Lipinski definition) is 2. The monoisotopic (exact) mass is 293 g/mol. The number of rotatable bonds is 5. The van der Waals surface area contributed by atoms with E-state index in [-0.39, 0.29) is 5.91 Å². The van der Waals surface area contributed by atoms with Crippen LogP contribution in [-0.4, -0.2) is 12.5 Å². The highest BCUT2D eigenvalue weighted by Gasteiger charge is 2.03. The third-order valence-corrected chi connectivity index (χ3v) is 3.49. The zero-order valence-electron chi connectivity index (χ0n) is 12.8. The highest BCUT2D eigenvalue weighted by atomic mass is 16.1. The largest absolute Gasteiger partial charge is 0.385 e. The Bertz CT molecular complexity index is 699. The van der Waals surface area contributed by atoms with Crippen molar-refractivity contribution in [3.05, 3.63) is 59.2 Å². The molecule has 0 radical (unpaired) electrons. The average molecular weight is 293 g/mol. The van der Waals surface area contributed by atoms with Crippen LogP contribution in [0.4, 0.5) is 11.4 Å². The van der Waals surface area contributed by atoms with Gasteiger partial charge in [0.25, 0.3) is 0 Å². The highest BCUT2D eigenvalue weighted by molar-refractivity contribution is 5.91. The fourth-order valence-corrected chi connectivity index (χ4v) is 2.02. The minimum atomic E-state index is -0.0546. The molecule has 4 nitrogen and oxygen atoms in total. The van der Waals surface area contributed by atoms with Crippen LogP contribution in [0.3, 0.4) is 0 Å². The molecule has 2 N–H and O–H groups in total. The van der Waals surface area contributed by atoms with Crippen molar-refractivity contribution >= 4 is 17.3 Å². The van der Waals surface area contributed by atoms with E-state index in [0.717, 1.165) is 5.69 Å². The smallest absolute Gasteiger partial charge is 0.226 e.